The number of hydrogen-bond acceptors (Lipinski definition) is 3. The Bertz CT molecular complexity index is 3080. The normalized spacial score (nSPS) is 13.6. The van der Waals surface area contributed by atoms with Crippen molar-refractivity contribution in [1.82, 2.24) is 14.5 Å². The fourth-order valence-electron chi connectivity index (χ4n) is 7.58. The van der Waals surface area contributed by atoms with Gasteiger partial charge in [0.05, 0.1) is 30.5 Å². The molecular formula is C53H51IrN3OSi-2. The Morgan fingerprint density at radius 3 is 2.08 bits per heavy atom. The Kier molecular flexibility index (Phi) is 9.97. The summed E-state index contributed by atoms with van der Waals surface area (Å²) in [6.07, 6.45) is 2.02. The van der Waals surface area contributed by atoms with Gasteiger partial charge >= 0.3 is 0 Å². The molecule has 0 amide bonds. The minimum absolute atomic E-state index is 0. The molecule has 1 radical (unpaired) electrons. The van der Waals surface area contributed by atoms with Crippen molar-refractivity contribution < 1.29 is 32.7 Å². The third-order valence-corrected chi connectivity index (χ3v) is 12.7. The predicted octanol–water partition coefficient (Wildman–Crippen LogP) is 14.0. The summed E-state index contributed by atoms with van der Waals surface area (Å²) in [5.41, 5.74) is 10.7. The topological polar surface area (TPSA) is 43.9 Å². The van der Waals surface area contributed by atoms with Gasteiger partial charge in [0.1, 0.15) is 5.58 Å². The number of aryl methyl sites for hydroxylation is 2. The van der Waals surface area contributed by atoms with Gasteiger partial charge in [-0.3, -0.25) is 4.98 Å². The van der Waals surface area contributed by atoms with Crippen molar-refractivity contribution in [2.24, 2.45) is 0 Å². The average molecular weight is 972 g/mol. The number of furan rings is 1. The van der Waals surface area contributed by atoms with E-state index in [-0.39, 0.29) is 48.7 Å². The molecule has 0 bridgehead atoms. The minimum atomic E-state index is -2.57. The van der Waals surface area contributed by atoms with E-state index in [0.717, 1.165) is 39.1 Å². The molecule has 6 heteroatoms. The van der Waals surface area contributed by atoms with Crippen molar-refractivity contribution >= 4 is 46.2 Å². The van der Waals surface area contributed by atoms with Crippen LogP contribution in [0, 0.1) is 25.8 Å². The molecule has 4 nitrogen and oxygen atoms in total. The Morgan fingerprint density at radius 2 is 1.44 bits per heavy atom. The number of para-hydroxylation sites is 2. The van der Waals surface area contributed by atoms with Crippen molar-refractivity contribution in [2.75, 3.05) is 0 Å². The first-order valence-corrected chi connectivity index (χ1v) is 23.4. The molecule has 59 heavy (non-hydrogen) atoms. The van der Waals surface area contributed by atoms with Crippen LogP contribution in [0.3, 0.4) is 0 Å². The van der Waals surface area contributed by atoms with E-state index in [9.17, 15) is 0 Å². The zero-order valence-electron chi connectivity index (χ0n) is 40.4. The summed E-state index contributed by atoms with van der Waals surface area (Å²) in [5.74, 6) is 1.04. The van der Waals surface area contributed by atoms with Crippen molar-refractivity contribution in [2.45, 2.75) is 72.9 Å². The largest absolute Gasteiger partial charge is 0.500 e. The Morgan fingerprint density at radius 1 is 0.712 bits per heavy atom. The zero-order chi connectivity index (χ0) is 45.7. The first-order chi connectivity index (χ1) is 30.3. The SMILES string of the molecule is C[Si](C)(C)c1ccc(-c2[c-]cccc2)nc1.[2H]C([2H])([2H])c1cc(C([2H])([2H])[2H])c2c(c1)oc1c[c-]c(-c3nc4ccccc4n3-c3c(C(C)C)cc(-c4ccccc4)cc3C(C)C)cc12.[Ir]. The smallest absolute Gasteiger partial charge is 0.121 e. The van der Waals surface area contributed by atoms with E-state index in [4.69, 9.17) is 17.6 Å². The molecule has 6 aromatic carbocycles. The second-order valence-corrected chi connectivity index (χ2v) is 21.6. The number of pyridine rings is 1. The molecule has 0 aliphatic heterocycles. The van der Waals surface area contributed by atoms with E-state index in [1.54, 1.807) is 6.07 Å². The van der Waals surface area contributed by atoms with Crippen LogP contribution in [-0.4, -0.2) is 22.6 Å². The van der Waals surface area contributed by atoms with Gasteiger partial charge in [0.15, 0.2) is 0 Å². The van der Waals surface area contributed by atoms with Crippen LogP contribution >= 0.6 is 0 Å². The van der Waals surface area contributed by atoms with E-state index < -0.39 is 21.8 Å². The van der Waals surface area contributed by atoms with Crippen LogP contribution in [0.15, 0.2) is 138 Å². The summed E-state index contributed by atoms with van der Waals surface area (Å²) in [4.78, 5) is 9.66. The summed E-state index contributed by atoms with van der Waals surface area (Å²) in [6.45, 7) is 10.8. The summed E-state index contributed by atoms with van der Waals surface area (Å²) in [5, 5.41) is 2.33. The van der Waals surface area contributed by atoms with Crippen LogP contribution in [0.5, 0.6) is 0 Å². The van der Waals surface area contributed by atoms with E-state index in [0.29, 0.717) is 27.7 Å². The maximum absolute atomic E-state index is 8.30. The number of benzene rings is 6. The first-order valence-electron chi connectivity index (χ1n) is 22.9. The molecule has 0 aliphatic rings. The number of fused-ring (bicyclic) bond motifs is 4. The fourth-order valence-corrected chi connectivity index (χ4v) is 8.61. The Labute approximate surface area is 372 Å². The third kappa shape index (κ3) is 8.40. The van der Waals surface area contributed by atoms with E-state index in [1.807, 2.05) is 60.8 Å². The number of aromatic nitrogens is 3. The number of hydrogen-bond donors (Lipinski definition) is 0. The van der Waals surface area contributed by atoms with Crippen molar-refractivity contribution in [1.29, 1.82) is 0 Å². The summed E-state index contributed by atoms with van der Waals surface area (Å²) in [7, 11) is -1.23. The van der Waals surface area contributed by atoms with Crippen LogP contribution in [0.1, 0.15) is 70.0 Å². The molecule has 0 saturated heterocycles. The van der Waals surface area contributed by atoms with Gasteiger partial charge in [0, 0.05) is 45.6 Å². The third-order valence-electron chi connectivity index (χ3n) is 10.7. The summed E-state index contributed by atoms with van der Waals surface area (Å²) < 4.78 is 57.0. The molecule has 0 unspecified atom stereocenters. The molecule has 3 aromatic heterocycles. The van der Waals surface area contributed by atoms with Crippen LogP contribution in [0.2, 0.25) is 19.6 Å². The van der Waals surface area contributed by atoms with Crippen molar-refractivity contribution in [3.63, 3.8) is 0 Å². The average Bonchev–Trinajstić information content (AvgIpc) is 3.84. The second kappa shape index (κ2) is 17.1. The molecule has 0 spiro atoms. The Hall–Kier alpha value is -5.39. The molecule has 0 aliphatic carbocycles. The van der Waals surface area contributed by atoms with Gasteiger partial charge in [-0.25, -0.2) is 0 Å². The fraction of sp³-hybridized carbons (Fsp3) is 0.208. The second-order valence-electron chi connectivity index (χ2n) is 16.5. The van der Waals surface area contributed by atoms with Gasteiger partial charge in [-0.15, -0.1) is 59.7 Å². The zero-order valence-corrected chi connectivity index (χ0v) is 37.8. The summed E-state index contributed by atoms with van der Waals surface area (Å²) >= 11 is 0. The molecule has 0 saturated carbocycles. The van der Waals surface area contributed by atoms with Gasteiger partial charge in [-0.2, -0.15) is 0 Å². The van der Waals surface area contributed by atoms with Crippen LogP contribution in [0.25, 0.3) is 72.4 Å². The maximum atomic E-state index is 8.30. The van der Waals surface area contributed by atoms with E-state index in [1.165, 1.54) is 28.4 Å². The van der Waals surface area contributed by atoms with Gasteiger partial charge in [0.25, 0.3) is 0 Å². The van der Waals surface area contributed by atoms with Gasteiger partial charge in [-0.05, 0) is 100 Å². The van der Waals surface area contributed by atoms with Crippen molar-refractivity contribution in [3.05, 3.63) is 168 Å². The number of nitrogens with zero attached hydrogens (tertiary/aromatic N) is 3. The molecule has 0 atom stereocenters. The van der Waals surface area contributed by atoms with Gasteiger partial charge in [0.2, 0.25) is 0 Å². The molecule has 0 N–H and O–H groups in total. The first kappa shape index (κ1) is 34.5. The van der Waals surface area contributed by atoms with Gasteiger partial charge in [-0.1, -0.05) is 113 Å². The van der Waals surface area contributed by atoms with Crippen LogP contribution in [0.4, 0.5) is 0 Å². The molecule has 9 aromatic rings. The summed E-state index contributed by atoms with van der Waals surface area (Å²) in [6, 6.07) is 48.1. The van der Waals surface area contributed by atoms with E-state index in [2.05, 4.69) is 124 Å². The molecular weight excluding hydrogens is 915 g/mol. The molecule has 299 valence electrons. The number of rotatable bonds is 7. The predicted molar refractivity (Wildman–Crippen MR) is 247 cm³/mol. The standard InChI is InChI=1S/C39H35N2O.C14H16NSi.Ir/c1-23(2)30-21-29(27-12-8-7-9-13-27)22-31(24(3)4)38(30)41-34-15-11-10-14-33(34)40-39(41)28-16-17-35-32(20-28)37-26(6)18-25(5)19-36(37)42-35;1-16(2,3)13-9-10-14(15-11-13)12-7-5-4-6-8-12;/h7-15,17-24H,1-6H3;4-7,9-11H,1-3H3;/q2*-1;/i5D3,6D3;;. The van der Waals surface area contributed by atoms with Crippen LogP contribution < -0.4 is 5.19 Å². The molecule has 9 rings (SSSR count). The maximum Gasteiger partial charge on any atom is 0.121 e. The van der Waals surface area contributed by atoms with Gasteiger partial charge < -0.3 is 14.0 Å². The van der Waals surface area contributed by atoms with Crippen LogP contribution in [-0.2, 0) is 20.1 Å². The Balaban J connectivity index is 0.000000313. The van der Waals surface area contributed by atoms with E-state index >= 15 is 0 Å². The monoisotopic (exact) mass is 972 g/mol. The minimum Gasteiger partial charge on any atom is -0.500 e. The quantitative estimate of drug-likeness (QED) is 0.118. The van der Waals surface area contributed by atoms with Crippen molar-refractivity contribution in [3.8, 4) is 39.5 Å². The molecule has 3 heterocycles. The molecule has 0 fully saturated rings. The number of imidazole rings is 1.